The van der Waals surface area contributed by atoms with Crippen LogP contribution in [0, 0.1) is 5.82 Å². The fraction of sp³-hybridized carbons (Fsp3) is 0.231. The summed E-state index contributed by atoms with van der Waals surface area (Å²) in [5.41, 5.74) is 6.07. The summed E-state index contributed by atoms with van der Waals surface area (Å²) >= 11 is 1.52. The van der Waals surface area contributed by atoms with Gasteiger partial charge < -0.3 is 11.1 Å². The zero-order chi connectivity index (χ0) is 14.5. The second kappa shape index (κ2) is 6.42. The normalized spacial score (nSPS) is 10.5. The topological polar surface area (TPSA) is 72.9 Å². The van der Waals surface area contributed by atoms with E-state index in [0.717, 1.165) is 4.90 Å². The average molecular weight is 294 g/mol. The predicted molar refractivity (Wildman–Crippen MR) is 78.0 cm³/mol. The first-order chi connectivity index (χ1) is 9.54. The Morgan fingerprint density at radius 2 is 2.35 bits per heavy atom. The third-order valence-corrected chi connectivity index (χ3v) is 3.50. The Balaban J connectivity index is 1.82. The second-order valence-electron chi connectivity index (χ2n) is 4.24. The highest BCUT2D eigenvalue weighted by Crippen LogP contribution is 2.19. The van der Waals surface area contributed by atoms with Gasteiger partial charge in [0.25, 0.3) is 0 Å². The molecular weight excluding hydrogens is 279 g/mol. The summed E-state index contributed by atoms with van der Waals surface area (Å²) in [5.74, 6) is -0.139. The molecule has 1 aromatic heterocycles. The number of thioether (sulfide) groups is 1. The van der Waals surface area contributed by atoms with E-state index in [-0.39, 0.29) is 18.0 Å². The number of hydrogen-bond donors (Lipinski definition) is 2. The third kappa shape index (κ3) is 3.99. The maximum Gasteiger partial charge on any atom is 0.225 e. The van der Waals surface area contributed by atoms with Crippen molar-refractivity contribution in [3.63, 3.8) is 0 Å². The largest absolute Gasteiger partial charge is 0.399 e. The molecule has 0 aliphatic carbocycles. The van der Waals surface area contributed by atoms with Crippen LogP contribution in [0.5, 0.6) is 0 Å². The number of halogens is 1. The zero-order valence-electron chi connectivity index (χ0n) is 11.0. The lowest BCUT2D eigenvalue weighted by molar-refractivity contribution is -0.115. The van der Waals surface area contributed by atoms with Crippen LogP contribution in [-0.4, -0.2) is 21.4 Å². The molecule has 0 radical (unpaired) electrons. The molecule has 2 aromatic rings. The van der Waals surface area contributed by atoms with Crippen molar-refractivity contribution in [2.45, 2.75) is 11.3 Å². The van der Waals surface area contributed by atoms with Gasteiger partial charge in [0.2, 0.25) is 5.91 Å². The number of anilines is 2. The number of hydrogen-bond acceptors (Lipinski definition) is 4. The Morgan fingerprint density at radius 1 is 1.55 bits per heavy atom. The lowest BCUT2D eigenvalue weighted by Gasteiger charge is -2.06. The van der Waals surface area contributed by atoms with Crippen molar-refractivity contribution >= 4 is 29.0 Å². The summed E-state index contributed by atoms with van der Waals surface area (Å²) in [5, 5.41) is 6.55. The number of nitrogens with one attached hydrogen (secondary N) is 1. The Morgan fingerprint density at radius 3 is 3.05 bits per heavy atom. The van der Waals surface area contributed by atoms with Crippen LogP contribution >= 0.6 is 11.8 Å². The molecule has 0 fully saturated rings. The summed E-state index contributed by atoms with van der Waals surface area (Å²) in [7, 11) is 1.83. The number of benzene rings is 1. The Hall–Kier alpha value is -2.02. The van der Waals surface area contributed by atoms with Gasteiger partial charge in [0.15, 0.2) is 0 Å². The standard InChI is InChI=1S/C13H15FN4OS/c1-18-8-10(7-16-18)20-5-4-13(19)17-12-6-9(15)2-3-11(12)14/h2-3,6-8H,4-5,15H2,1H3,(H,17,19). The molecule has 0 unspecified atom stereocenters. The molecule has 1 heterocycles. The summed E-state index contributed by atoms with van der Waals surface area (Å²) in [6.45, 7) is 0. The molecule has 2 rings (SSSR count). The van der Waals surface area contributed by atoms with Gasteiger partial charge in [-0.25, -0.2) is 4.39 Å². The molecule has 106 valence electrons. The Bertz CT molecular complexity index is 614. The second-order valence-corrected chi connectivity index (χ2v) is 5.40. The molecule has 0 saturated heterocycles. The molecule has 20 heavy (non-hydrogen) atoms. The Labute approximate surface area is 120 Å². The van der Waals surface area contributed by atoms with E-state index in [1.165, 1.54) is 30.0 Å². The highest BCUT2D eigenvalue weighted by molar-refractivity contribution is 7.99. The van der Waals surface area contributed by atoms with E-state index in [0.29, 0.717) is 11.4 Å². The first-order valence-electron chi connectivity index (χ1n) is 6.01. The number of rotatable bonds is 5. The van der Waals surface area contributed by atoms with Crippen LogP contribution < -0.4 is 11.1 Å². The van der Waals surface area contributed by atoms with Gasteiger partial charge in [-0.2, -0.15) is 5.10 Å². The molecule has 0 saturated carbocycles. The van der Waals surface area contributed by atoms with Crippen LogP contribution in [0.3, 0.4) is 0 Å². The van der Waals surface area contributed by atoms with E-state index in [2.05, 4.69) is 10.4 Å². The molecule has 3 N–H and O–H groups in total. The van der Waals surface area contributed by atoms with Gasteiger partial charge in [-0.05, 0) is 18.2 Å². The number of nitrogen functional groups attached to an aromatic ring is 1. The summed E-state index contributed by atoms with van der Waals surface area (Å²) in [4.78, 5) is 12.7. The van der Waals surface area contributed by atoms with Crippen molar-refractivity contribution < 1.29 is 9.18 Å². The zero-order valence-corrected chi connectivity index (χ0v) is 11.8. The molecule has 0 bridgehead atoms. The van der Waals surface area contributed by atoms with Crippen LogP contribution in [-0.2, 0) is 11.8 Å². The lowest BCUT2D eigenvalue weighted by Crippen LogP contribution is -2.13. The predicted octanol–water partition coefficient (Wildman–Crippen LogP) is 2.26. The minimum Gasteiger partial charge on any atom is -0.399 e. The molecule has 0 aliphatic rings. The number of aryl methyl sites for hydroxylation is 1. The molecule has 0 atom stereocenters. The van der Waals surface area contributed by atoms with Crippen LogP contribution in [0.15, 0.2) is 35.5 Å². The number of carbonyl (C=O) groups is 1. The number of carbonyl (C=O) groups excluding carboxylic acids is 1. The summed E-state index contributed by atoms with van der Waals surface area (Å²) in [6.07, 6.45) is 3.90. The van der Waals surface area contributed by atoms with Gasteiger partial charge in [-0.15, -0.1) is 11.8 Å². The van der Waals surface area contributed by atoms with Crippen molar-refractivity contribution in [3.8, 4) is 0 Å². The van der Waals surface area contributed by atoms with Crippen LogP contribution in [0.4, 0.5) is 15.8 Å². The third-order valence-electron chi connectivity index (χ3n) is 2.54. The summed E-state index contributed by atoms with van der Waals surface area (Å²) in [6, 6.07) is 4.08. The van der Waals surface area contributed by atoms with E-state index >= 15 is 0 Å². The molecule has 5 nitrogen and oxygen atoms in total. The quantitative estimate of drug-likeness (QED) is 0.655. The van der Waals surface area contributed by atoms with Gasteiger partial charge in [-0.1, -0.05) is 0 Å². The van der Waals surface area contributed by atoms with E-state index in [4.69, 9.17) is 5.73 Å². The molecular formula is C13H15FN4OS. The Kier molecular flexibility index (Phi) is 4.62. The maximum atomic E-state index is 13.4. The van der Waals surface area contributed by atoms with Gasteiger partial charge in [-0.3, -0.25) is 9.48 Å². The molecule has 7 heteroatoms. The monoisotopic (exact) mass is 294 g/mol. The van der Waals surface area contributed by atoms with Crippen molar-refractivity contribution in [2.75, 3.05) is 16.8 Å². The van der Waals surface area contributed by atoms with E-state index in [1.807, 2.05) is 13.2 Å². The van der Waals surface area contributed by atoms with Crippen LogP contribution in [0.2, 0.25) is 0 Å². The van der Waals surface area contributed by atoms with E-state index in [9.17, 15) is 9.18 Å². The smallest absolute Gasteiger partial charge is 0.225 e. The number of nitrogens with zero attached hydrogens (tertiary/aromatic N) is 2. The van der Waals surface area contributed by atoms with Crippen LogP contribution in [0.25, 0.3) is 0 Å². The fourth-order valence-corrected chi connectivity index (χ4v) is 2.46. The van der Waals surface area contributed by atoms with Crippen molar-refractivity contribution in [1.82, 2.24) is 9.78 Å². The van der Waals surface area contributed by atoms with Crippen molar-refractivity contribution in [2.24, 2.45) is 7.05 Å². The minimum atomic E-state index is -0.493. The summed E-state index contributed by atoms with van der Waals surface area (Å²) < 4.78 is 15.1. The molecule has 0 spiro atoms. The lowest BCUT2D eigenvalue weighted by atomic mass is 10.2. The van der Waals surface area contributed by atoms with Gasteiger partial charge in [0, 0.05) is 36.0 Å². The molecule has 0 aliphatic heterocycles. The van der Waals surface area contributed by atoms with Crippen molar-refractivity contribution in [1.29, 1.82) is 0 Å². The van der Waals surface area contributed by atoms with Gasteiger partial charge in [0.1, 0.15) is 5.82 Å². The van der Waals surface area contributed by atoms with Gasteiger partial charge in [0.05, 0.1) is 11.9 Å². The van der Waals surface area contributed by atoms with E-state index < -0.39 is 5.82 Å². The minimum absolute atomic E-state index is 0.112. The number of aromatic nitrogens is 2. The maximum absolute atomic E-state index is 13.4. The highest BCUT2D eigenvalue weighted by Gasteiger charge is 2.08. The molecule has 1 amide bonds. The first-order valence-corrected chi connectivity index (χ1v) is 6.99. The fourth-order valence-electron chi connectivity index (χ4n) is 1.59. The SMILES string of the molecule is Cn1cc(SCCC(=O)Nc2cc(N)ccc2F)cn1. The van der Waals surface area contributed by atoms with Crippen LogP contribution in [0.1, 0.15) is 6.42 Å². The first kappa shape index (κ1) is 14.4. The van der Waals surface area contributed by atoms with Gasteiger partial charge >= 0.3 is 0 Å². The number of amides is 1. The average Bonchev–Trinajstić information content (AvgIpc) is 2.80. The highest BCUT2D eigenvalue weighted by atomic mass is 32.2. The van der Waals surface area contributed by atoms with Crippen molar-refractivity contribution in [3.05, 3.63) is 36.4 Å². The molecule has 1 aromatic carbocycles. The number of nitrogens with two attached hydrogens (primary N) is 1. The van der Waals surface area contributed by atoms with E-state index in [1.54, 1.807) is 10.9 Å².